The summed E-state index contributed by atoms with van der Waals surface area (Å²) in [7, 11) is 0. The number of hydrogen-bond donors (Lipinski definition) is 0. The van der Waals surface area contributed by atoms with Gasteiger partial charge in [0.2, 0.25) is 0 Å². The van der Waals surface area contributed by atoms with Crippen molar-refractivity contribution in [2.24, 2.45) is 0 Å². The Morgan fingerprint density at radius 1 is 0.933 bits per heavy atom. The Morgan fingerprint density at radius 3 is 1.60 bits per heavy atom. The fourth-order valence-corrected chi connectivity index (χ4v) is 2.66. The predicted octanol–water partition coefficient (Wildman–Crippen LogP) is 3.75. The van der Waals surface area contributed by atoms with Gasteiger partial charge in [0.1, 0.15) is 0 Å². The number of carbonyl (C=O) groups is 1. The molecule has 0 amide bonds. The van der Waals surface area contributed by atoms with Gasteiger partial charge in [-0.05, 0) is 0 Å². The fraction of sp³-hybridized carbons (Fsp3) is 0.308. The summed E-state index contributed by atoms with van der Waals surface area (Å²) < 4.78 is 4.10. The van der Waals surface area contributed by atoms with Gasteiger partial charge in [0.05, 0.1) is 0 Å². The van der Waals surface area contributed by atoms with Crippen LogP contribution in [0.4, 0.5) is 0 Å². The second kappa shape index (κ2) is 8.55. The van der Waals surface area contributed by atoms with Crippen molar-refractivity contribution in [1.29, 1.82) is 0 Å². The third-order valence-electron chi connectivity index (χ3n) is 1.92. The van der Waals surface area contributed by atoms with Gasteiger partial charge in [-0.25, -0.2) is 0 Å². The molecular formula is C13H19ORu. The average Bonchev–Trinajstić information content (AvgIpc) is 2.28. The predicted molar refractivity (Wildman–Crippen MR) is 63.9 cm³/mol. The summed E-state index contributed by atoms with van der Waals surface area (Å²) in [5.74, 6) is 0. The molecule has 0 saturated carbocycles. The van der Waals surface area contributed by atoms with E-state index in [1.807, 2.05) is 61.3 Å². The van der Waals surface area contributed by atoms with Gasteiger partial charge in [-0.15, -0.1) is 0 Å². The number of carbonyl (C=O) groups excluding carboxylic acids is 1. The van der Waals surface area contributed by atoms with Crippen LogP contribution in [0.25, 0.3) is 0 Å². The molecule has 85 valence electrons. The van der Waals surface area contributed by atoms with Gasteiger partial charge in [-0.3, -0.25) is 0 Å². The van der Waals surface area contributed by atoms with Gasteiger partial charge in [0.25, 0.3) is 0 Å². The zero-order chi connectivity index (χ0) is 11.7. The molecule has 0 aromatic heterocycles. The summed E-state index contributed by atoms with van der Waals surface area (Å²) in [6.07, 6.45) is 8.13. The van der Waals surface area contributed by atoms with Gasteiger partial charge < -0.3 is 0 Å². The molecule has 0 radical (unpaired) electrons. The van der Waals surface area contributed by atoms with Gasteiger partial charge in [0.15, 0.2) is 0 Å². The summed E-state index contributed by atoms with van der Waals surface area (Å²) in [5, 5.41) is 0. The van der Waals surface area contributed by atoms with Crippen LogP contribution in [0.5, 0.6) is 0 Å². The van der Waals surface area contributed by atoms with Crippen LogP contribution in [0.15, 0.2) is 44.8 Å². The summed E-state index contributed by atoms with van der Waals surface area (Å²) in [4.78, 5) is 11.9. The first kappa shape index (κ1) is 14.3. The first-order chi connectivity index (χ1) is 7.13. The van der Waals surface area contributed by atoms with Crippen molar-refractivity contribution in [3.63, 3.8) is 0 Å². The Bertz CT molecular complexity index is 280. The Labute approximate surface area is 98.2 Å². The summed E-state index contributed by atoms with van der Waals surface area (Å²) in [5.41, 5.74) is 2.40. The van der Waals surface area contributed by atoms with Crippen LogP contribution in [-0.4, -0.2) is 4.88 Å². The quantitative estimate of drug-likeness (QED) is 0.428. The third kappa shape index (κ3) is 7.21. The molecule has 0 atom stereocenters. The van der Waals surface area contributed by atoms with Crippen LogP contribution < -0.4 is 0 Å². The SMILES string of the molecule is CC=C(C)C=[CH][Ru]([CH]=O)[CH]=CC(C)=CC. The first-order valence-electron chi connectivity index (χ1n) is 4.82. The van der Waals surface area contributed by atoms with Crippen molar-refractivity contribution in [1.82, 2.24) is 0 Å². The molecule has 1 nitrogen and oxygen atoms in total. The molecule has 0 bridgehead atoms. The standard InChI is InChI=1S/2C6H9.CHO.Ru/c2*1-4-6(3)5-2;1-2;/h2*1,4-5H,2-3H3;1H;. The Balaban J connectivity index is 4.46. The van der Waals surface area contributed by atoms with Crippen molar-refractivity contribution >= 4 is 4.88 Å². The molecule has 0 saturated heterocycles. The minimum atomic E-state index is -1.52. The van der Waals surface area contributed by atoms with E-state index >= 15 is 0 Å². The molecule has 0 aromatic rings. The molecule has 15 heavy (non-hydrogen) atoms. The zero-order valence-corrected chi connectivity index (χ0v) is 11.5. The van der Waals surface area contributed by atoms with Crippen LogP contribution in [-0.2, 0) is 20.7 Å². The Kier molecular flexibility index (Phi) is 8.13. The zero-order valence-electron chi connectivity index (χ0n) is 9.80. The first-order valence-corrected chi connectivity index (χ1v) is 7.83. The Hall–Kier alpha value is -0.747. The molecule has 2 heteroatoms. The summed E-state index contributed by atoms with van der Waals surface area (Å²) in [6.45, 7) is 8.07. The normalized spacial score (nSPS) is 15.1. The molecule has 0 aliphatic rings. The van der Waals surface area contributed by atoms with Crippen LogP contribution in [0, 0.1) is 0 Å². The number of allylic oxidation sites excluding steroid dienone is 6. The molecule has 0 unspecified atom stereocenters. The summed E-state index contributed by atoms with van der Waals surface area (Å²) >= 11 is -1.52. The van der Waals surface area contributed by atoms with Gasteiger partial charge in [-0.1, -0.05) is 0 Å². The van der Waals surface area contributed by atoms with E-state index in [1.165, 1.54) is 11.1 Å². The molecule has 0 aliphatic carbocycles. The van der Waals surface area contributed by atoms with Crippen molar-refractivity contribution in [2.45, 2.75) is 27.7 Å². The third-order valence-corrected chi connectivity index (χ3v) is 4.31. The van der Waals surface area contributed by atoms with E-state index in [2.05, 4.69) is 0 Å². The van der Waals surface area contributed by atoms with Gasteiger partial charge in [-0.2, -0.15) is 0 Å². The van der Waals surface area contributed by atoms with E-state index in [-0.39, 0.29) is 0 Å². The van der Waals surface area contributed by atoms with E-state index in [4.69, 9.17) is 0 Å². The van der Waals surface area contributed by atoms with E-state index in [0.717, 1.165) is 4.88 Å². The van der Waals surface area contributed by atoms with Gasteiger partial charge >= 0.3 is 98.1 Å². The topological polar surface area (TPSA) is 17.1 Å². The maximum atomic E-state index is 10.8. The number of rotatable bonds is 5. The van der Waals surface area contributed by atoms with E-state index in [0.29, 0.717) is 0 Å². The van der Waals surface area contributed by atoms with Crippen LogP contribution >= 0.6 is 0 Å². The van der Waals surface area contributed by atoms with E-state index < -0.39 is 16.0 Å². The second-order valence-electron chi connectivity index (χ2n) is 3.07. The molecule has 0 aromatic carbocycles. The monoisotopic (exact) mass is 293 g/mol. The fourth-order valence-electron chi connectivity index (χ4n) is 0.609. The molecule has 0 aliphatic heterocycles. The van der Waals surface area contributed by atoms with Crippen molar-refractivity contribution in [2.75, 3.05) is 0 Å². The molecule has 0 fully saturated rings. The van der Waals surface area contributed by atoms with E-state index in [1.54, 1.807) is 0 Å². The van der Waals surface area contributed by atoms with Crippen molar-refractivity contribution < 1.29 is 20.7 Å². The summed E-state index contributed by atoms with van der Waals surface area (Å²) in [6, 6.07) is 0. The van der Waals surface area contributed by atoms with Crippen molar-refractivity contribution in [3.8, 4) is 0 Å². The molecule has 0 rings (SSSR count). The average molecular weight is 292 g/mol. The van der Waals surface area contributed by atoms with Crippen molar-refractivity contribution in [3.05, 3.63) is 44.8 Å². The minimum absolute atomic E-state index is 1.09. The molecule has 0 heterocycles. The number of hydrogen-bond acceptors (Lipinski definition) is 1. The van der Waals surface area contributed by atoms with Gasteiger partial charge in [0, 0.05) is 0 Å². The van der Waals surface area contributed by atoms with Crippen LogP contribution in [0.3, 0.4) is 0 Å². The molecule has 0 spiro atoms. The molecule has 0 N–H and O–H groups in total. The van der Waals surface area contributed by atoms with E-state index in [9.17, 15) is 4.79 Å². The second-order valence-corrected chi connectivity index (χ2v) is 6.38. The maximum absolute atomic E-state index is 10.8. The Morgan fingerprint density at radius 2 is 1.33 bits per heavy atom. The molecular weight excluding hydrogens is 273 g/mol. The van der Waals surface area contributed by atoms with Crippen LogP contribution in [0.2, 0.25) is 0 Å². The van der Waals surface area contributed by atoms with Crippen LogP contribution in [0.1, 0.15) is 27.7 Å².